The normalized spacial score (nSPS) is 19.9. The summed E-state index contributed by atoms with van der Waals surface area (Å²) in [6, 6.07) is 16.6. The number of nitrogens with zero attached hydrogens (tertiary/aromatic N) is 2. The molecule has 1 aromatic heterocycles. The molecule has 4 rings (SSSR count). The molecular weight excluding hydrogens is 350 g/mol. The molecule has 0 bridgehead atoms. The van der Waals surface area contributed by atoms with Crippen LogP contribution < -0.4 is 5.32 Å². The molecule has 5 heteroatoms. The Morgan fingerprint density at radius 3 is 2.71 bits per heavy atom. The van der Waals surface area contributed by atoms with Crippen molar-refractivity contribution in [3.8, 4) is 11.4 Å². The summed E-state index contributed by atoms with van der Waals surface area (Å²) in [6.45, 7) is 0. The molecule has 1 fully saturated rings. The molecule has 1 aliphatic carbocycles. The molecule has 0 atom stereocenters. The van der Waals surface area contributed by atoms with Crippen LogP contribution in [0, 0.1) is 0 Å². The van der Waals surface area contributed by atoms with E-state index in [0.717, 1.165) is 53.7 Å². The van der Waals surface area contributed by atoms with Gasteiger partial charge in [-0.1, -0.05) is 30.3 Å². The minimum Gasteiger partial charge on any atom is -0.393 e. The van der Waals surface area contributed by atoms with Crippen molar-refractivity contribution >= 4 is 23.0 Å². The van der Waals surface area contributed by atoms with Crippen molar-refractivity contribution in [2.75, 3.05) is 7.05 Å². The van der Waals surface area contributed by atoms with Gasteiger partial charge >= 0.3 is 0 Å². The third kappa shape index (κ3) is 3.71. The van der Waals surface area contributed by atoms with E-state index < -0.39 is 0 Å². The number of benzene rings is 2. The van der Waals surface area contributed by atoms with Crippen molar-refractivity contribution in [3.05, 3.63) is 60.2 Å². The Labute approximate surface area is 164 Å². The van der Waals surface area contributed by atoms with Crippen LogP contribution in [0.3, 0.4) is 0 Å². The minimum atomic E-state index is -0.187. The lowest BCUT2D eigenvalue weighted by Crippen LogP contribution is -2.21. The number of aliphatic hydroxyl groups is 1. The monoisotopic (exact) mass is 375 g/mol. The van der Waals surface area contributed by atoms with E-state index in [2.05, 4.69) is 28.1 Å². The minimum absolute atomic E-state index is 0.126. The number of para-hydroxylation sites is 2. The third-order valence-corrected chi connectivity index (χ3v) is 5.45. The third-order valence-electron chi connectivity index (χ3n) is 5.45. The van der Waals surface area contributed by atoms with E-state index in [0.29, 0.717) is 6.04 Å². The van der Waals surface area contributed by atoms with E-state index in [1.54, 1.807) is 7.05 Å². The van der Waals surface area contributed by atoms with E-state index in [1.807, 2.05) is 36.4 Å². The molecular formula is C23H25N3O2. The Morgan fingerprint density at radius 2 is 1.93 bits per heavy atom. The molecule has 1 saturated carbocycles. The second-order valence-electron chi connectivity index (χ2n) is 7.33. The molecule has 0 spiro atoms. The second kappa shape index (κ2) is 7.98. The Kier molecular flexibility index (Phi) is 5.26. The maximum absolute atomic E-state index is 11.5. The molecule has 2 N–H and O–H groups in total. The topological polar surface area (TPSA) is 67.2 Å². The molecule has 0 radical (unpaired) electrons. The average molecular weight is 375 g/mol. The van der Waals surface area contributed by atoms with E-state index in [9.17, 15) is 9.90 Å². The van der Waals surface area contributed by atoms with Crippen molar-refractivity contribution in [1.82, 2.24) is 14.9 Å². The van der Waals surface area contributed by atoms with Gasteiger partial charge in [-0.25, -0.2) is 4.98 Å². The van der Waals surface area contributed by atoms with E-state index in [1.165, 1.54) is 6.08 Å². The molecule has 144 valence electrons. The highest BCUT2D eigenvalue weighted by Crippen LogP contribution is 2.36. The Hall–Kier alpha value is -2.92. The number of amides is 1. The van der Waals surface area contributed by atoms with Crippen LogP contribution in [-0.2, 0) is 4.79 Å². The SMILES string of the molecule is CNC(=O)/C=C/c1cccc(-c2nc3ccccc3n2C2CCC(O)CC2)c1. The van der Waals surface area contributed by atoms with Gasteiger partial charge in [-0.05, 0) is 55.5 Å². The lowest BCUT2D eigenvalue weighted by molar-refractivity contribution is -0.115. The summed E-state index contributed by atoms with van der Waals surface area (Å²) in [5, 5.41) is 12.5. The quantitative estimate of drug-likeness (QED) is 0.679. The highest BCUT2D eigenvalue weighted by atomic mass is 16.3. The first-order valence-electron chi connectivity index (χ1n) is 9.81. The summed E-state index contributed by atoms with van der Waals surface area (Å²) >= 11 is 0. The Balaban J connectivity index is 1.77. The lowest BCUT2D eigenvalue weighted by Gasteiger charge is -2.28. The number of carbonyl (C=O) groups is 1. The largest absolute Gasteiger partial charge is 0.393 e. The summed E-state index contributed by atoms with van der Waals surface area (Å²) in [5.41, 5.74) is 4.10. The van der Waals surface area contributed by atoms with E-state index in [4.69, 9.17) is 4.98 Å². The summed E-state index contributed by atoms with van der Waals surface area (Å²) in [4.78, 5) is 16.4. The number of carbonyl (C=O) groups excluding carboxylic acids is 1. The van der Waals surface area contributed by atoms with Gasteiger partial charge in [0.25, 0.3) is 0 Å². The molecule has 5 nitrogen and oxygen atoms in total. The van der Waals surface area contributed by atoms with Crippen LogP contribution in [-0.4, -0.2) is 33.7 Å². The molecule has 2 aromatic carbocycles. The number of nitrogens with one attached hydrogen (secondary N) is 1. The van der Waals surface area contributed by atoms with Crippen molar-refractivity contribution in [3.63, 3.8) is 0 Å². The van der Waals surface area contributed by atoms with E-state index >= 15 is 0 Å². The van der Waals surface area contributed by atoms with Gasteiger partial charge in [-0.2, -0.15) is 0 Å². The number of fused-ring (bicyclic) bond motifs is 1. The van der Waals surface area contributed by atoms with Gasteiger partial charge in [0.1, 0.15) is 5.82 Å². The molecule has 0 aliphatic heterocycles. The second-order valence-corrected chi connectivity index (χ2v) is 7.33. The Bertz CT molecular complexity index is 1010. The number of hydrogen-bond acceptors (Lipinski definition) is 3. The van der Waals surface area contributed by atoms with Crippen LogP contribution >= 0.6 is 0 Å². The number of rotatable bonds is 4. The van der Waals surface area contributed by atoms with Crippen molar-refractivity contribution < 1.29 is 9.90 Å². The van der Waals surface area contributed by atoms with Gasteiger partial charge in [0, 0.05) is 24.7 Å². The fourth-order valence-corrected chi connectivity index (χ4v) is 3.97. The molecule has 1 amide bonds. The smallest absolute Gasteiger partial charge is 0.243 e. The lowest BCUT2D eigenvalue weighted by atomic mass is 9.92. The zero-order chi connectivity index (χ0) is 19.5. The molecule has 0 saturated heterocycles. The van der Waals surface area contributed by atoms with Gasteiger partial charge in [-0.3, -0.25) is 4.79 Å². The number of aromatic nitrogens is 2. The van der Waals surface area contributed by atoms with Gasteiger partial charge < -0.3 is 15.0 Å². The summed E-state index contributed by atoms with van der Waals surface area (Å²) in [5.74, 6) is 0.816. The van der Waals surface area contributed by atoms with Gasteiger partial charge in [0.05, 0.1) is 17.1 Å². The summed E-state index contributed by atoms with van der Waals surface area (Å²) in [7, 11) is 1.62. The first-order valence-corrected chi connectivity index (χ1v) is 9.81. The van der Waals surface area contributed by atoms with Crippen LogP contribution in [0.1, 0.15) is 37.3 Å². The number of likely N-dealkylation sites (N-methyl/N-ethyl adjacent to an activating group) is 1. The maximum atomic E-state index is 11.5. The van der Waals surface area contributed by atoms with Gasteiger partial charge in [-0.15, -0.1) is 0 Å². The highest BCUT2D eigenvalue weighted by Gasteiger charge is 2.25. The van der Waals surface area contributed by atoms with Crippen LogP contribution in [0.15, 0.2) is 54.6 Å². The number of aliphatic hydroxyl groups excluding tert-OH is 1. The fraction of sp³-hybridized carbons (Fsp3) is 0.304. The van der Waals surface area contributed by atoms with Crippen molar-refractivity contribution in [2.45, 2.75) is 37.8 Å². The van der Waals surface area contributed by atoms with E-state index in [-0.39, 0.29) is 12.0 Å². The zero-order valence-electron chi connectivity index (χ0n) is 16.0. The first-order chi connectivity index (χ1) is 13.7. The molecule has 28 heavy (non-hydrogen) atoms. The Morgan fingerprint density at radius 1 is 1.14 bits per heavy atom. The number of hydrogen-bond donors (Lipinski definition) is 2. The van der Waals surface area contributed by atoms with Crippen LogP contribution in [0.2, 0.25) is 0 Å². The predicted octanol–water partition coefficient (Wildman–Crippen LogP) is 3.94. The maximum Gasteiger partial charge on any atom is 0.243 e. The van der Waals surface area contributed by atoms with Crippen molar-refractivity contribution in [1.29, 1.82) is 0 Å². The molecule has 1 heterocycles. The predicted molar refractivity (Wildman–Crippen MR) is 112 cm³/mol. The average Bonchev–Trinajstić information content (AvgIpc) is 3.12. The molecule has 0 unspecified atom stereocenters. The van der Waals surface area contributed by atoms with Crippen LogP contribution in [0.25, 0.3) is 28.5 Å². The standard InChI is InChI=1S/C23H25N3O2/c1-24-22(28)14-9-16-5-4-6-17(15-16)23-25-20-7-2-3-8-21(20)26(23)18-10-12-19(27)13-11-18/h2-9,14-15,18-19,27H,10-13H2,1H3,(H,24,28)/b14-9+. The first kappa shape index (κ1) is 18.4. The summed E-state index contributed by atoms with van der Waals surface area (Å²) < 4.78 is 2.34. The van der Waals surface area contributed by atoms with Crippen LogP contribution in [0.4, 0.5) is 0 Å². The summed E-state index contributed by atoms with van der Waals surface area (Å²) in [6.07, 6.45) is 6.71. The van der Waals surface area contributed by atoms with Crippen molar-refractivity contribution in [2.24, 2.45) is 0 Å². The van der Waals surface area contributed by atoms with Crippen LogP contribution in [0.5, 0.6) is 0 Å². The fourth-order valence-electron chi connectivity index (χ4n) is 3.97. The molecule has 3 aromatic rings. The molecule has 1 aliphatic rings. The number of imidazole rings is 1. The highest BCUT2D eigenvalue weighted by molar-refractivity contribution is 5.91. The zero-order valence-corrected chi connectivity index (χ0v) is 16.0. The van der Waals surface area contributed by atoms with Gasteiger partial charge in [0.2, 0.25) is 5.91 Å². The van der Waals surface area contributed by atoms with Gasteiger partial charge in [0.15, 0.2) is 0 Å².